The number of ether oxygens (including phenoxy) is 3. The largest absolute Gasteiger partial charge is 0.494 e. The maximum atomic E-state index is 14.1. The van der Waals surface area contributed by atoms with Crippen LogP contribution in [0.1, 0.15) is 13.8 Å². The molecular formula is C19H22FNO6S. The highest BCUT2D eigenvalue weighted by molar-refractivity contribution is 7.92. The zero-order chi connectivity index (χ0) is 20.7. The van der Waals surface area contributed by atoms with Gasteiger partial charge in [0.05, 0.1) is 30.9 Å². The standard InChI is InChI=1S/C19H22FNO6S/c1-4-26-15-8-6-14(7-9-15)21(13-19(22)27-5-2)28(23,24)16-10-11-18(25-3)17(20)12-16/h6-12H,4-5,13H2,1-3H3. The Kier molecular flexibility index (Phi) is 7.22. The maximum Gasteiger partial charge on any atom is 0.326 e. The summed E-state index contributed by atoms with van der Waals surface area (Å²) in [6.45, 7) is 3.44. The zero-order valence-electron chi connectivity index (χ0n) is 15.8. The quantitative estimate of drug-likeness (QED) is 0.590. The lowest BCUT2D eigenvalue weighted by molar-refractivity contribution is -0.141. The Bertz CT molecular complexity index is 915. The van der Waals surface area contributed by atoms with Crippen molar-refractivity contribution in [1.82, 2.24) is 0 Å². The first-order valence-electron chi connectivity index (χ1n) is 8.58. The van der Waals surface area contributed by atoms with Crippen LogP contribution in [-0.2, 0) is 19.6 Å². The first-order valence-corrected chi connectivity index (χ1v) is 10.0. The number of methoxy groups -OCH3 is 1. The lowest BCUT2D eigenvalue weighted by Gasteiger charge is -2.24. The second-order valence-electron chi connectivity index (χ2n) is 5.54. The van der Waals surface area contributed by atoms with E-state index in [-0.39, 0.29) is 22.9 Å². The highest BCUT2D eigenvalue weighted by atomic mass is 32.2. The third-order valence-electron chi connectivity index (χ3n) is 3.72. The fourth-order valence-electron chi connectivity index (χ4n) is 2.45. The lowest BCUT2D eigenvalue weighted by atomic mass is 10.3. The highest BCUT2D eigenvalue weighted by Crippen LogP contribution is 2.28. The van der Waals surface area contributed by atoms with E-state index in [0.29, 0.717) is 12.4 Å². The molecule has 0 saturated carbocycles. The van der Waals surface area contributed by atoms with Crippen LogP contribution in [0, 0.1) is 5.82 Å². The van der Waals surface area contributed by atoms with Gasteiger partial charge in [0.1, 0.15) is 12.3 Å². The first-order chi connectivity index (χ1) is 13.3. The molecule has 0 aromatic heterocycles. The molecular weight excluding hydrogens is 389 g/mol. The van der Waals surface area contributed by atoms with Gasteiger partial charge in [-0.15, -0.1) is 0 Å². The molecule has 0 spiro atoms. The predicted molar refractivity (Wildman–Crippen MR) is 102 cm³/mol. The van der Waals surface area contributed by atoms with Crippen molar-refractivity contribution in [3.05, 3.63) is 48.3 Å². The molecule has 7 nitrogen and oxygen atoms in total. The average molecular weight is 411 g/mol. The van der Waals surface area contributed by atoms with Gasteiger partial charge < -0.3 is 14.2 Å². The predicted octanol–water partition coefficient (Wildman–Crippen LogP) is 2.99. The van der Waals surface area contributed by atoms with E-state index in [2.05, 4.69) is 0 Å². The molecule has 0 amide bonds. The number of benzene rings is 2. The SMILES string of the molecule is CCOC(=O)CN(c1ccc(OCC)cc1)S(=O)(=O)c1ccc(OC)c(F)c1. The van der Waals surface area contributed by atoms with Gasteiger partial charge in [0.25, 0.3) is 10.0 Å². The molecule has 152 valence electrons. The first kappa shape index (κ1) is 21.5. The number of halogens is 1. The molecule has 0 saturated heterocycles. The topological polar surface area (TPSA) is 82.1 Å². The number of nitrogens with zero attached hydrogens (tertiary/aromatic N) is 1. The summed E-state index contributed by atoms with van der Waals surface area (Å²) in [5.41, 5.74) is 0.215. The molecule has 0 fully saturated rings. The van der Waals surface area contributed by atoms with Crippen LogP contribution in [0.3, 0.4) is 0 Å². The van der Waals surface area contributed by atoms with Crippen molar-refractivity contribution in [3.8, 4) is 11.5 Å². The molecule has 2 aromatic carbocycles. The Labute approximate surface area is 163 Å². The number of esters is 1. The van der Waals surface area contributed by atoms with Crippen LogP contribution in [-0.4, -0.2) is 41.3 Å². The number of carbonyl (C=O) groups is 1. The number of hydrogen-bond donors (Lipinski definition) is 0. The summed E-state index contributed by atoms with van der Waals surface area (Å²) < 4.78 is 56.2. The van der Waals surface area contributed by atoms with Crippen LogP contribution in [0.5, 0.6) is 11.5 Å². The summed E-state index contributed by atoms with van der Waals surface area (Å²) in [4.78, 5) is 11.7. The minimum Gasteiger partial charge on any atom is -0.494 e. The van der Waals surface area contributed by atoms with Gasteiger partial charge in [-0.25, -0.2) is 12.8 Å². The smallest absolute Gasteiger partial charge is 0.326 e. The fraction of sp³-hybridized carbons (Fsp3) is 0.316. The van der Waals surface area contributed by atoms with E-state index < -0.39 is 28.4 Å². The molecule has 0 N–H and O–H groups in total. The second-order valence-corrected chi connectivity index (χ2v) is 7.40. The average Bonchev–Trinajstić information content (AvgIpc) is 2.67. The molecule has 0 radical (unpaired) electrons. The maximum absolute atomic E-state index is 14.1. The van der Waals surface area contributed by atoms with Crippen LogP contribution in [0.2, 0.25) is 0 Å². The second kappa shape index (κ2) is 9.41. The van der Waals surface area contributed by atoms with E-state index in [1.807, 2.05) is 6.92 Å². The Morgan fingerprint density at radius 2 is 1.75 bits per heavy atom. The lowest BCUT2D eigenvalue weighted by Crippen LogP contribution is -2.36. The third kappa shape index (κ3) is 4.92. The van der Waals surface area contributed by atoms with Gasteiger partial charge in [-0.05, 0) is 56.3 Å². The van der Waals surface area contributed by atoms with Gasteiger partial charge in [0.15, 0.2) is 11.6 Å². The van der Waals surface area contributed by atoms with E-state index in [4.69, 9.17) is 14.2 Å². The summed E-state index contributed by atoms with van der Waals surface area (Å²) in [6, 6.07) is 9.44. The van der Waals surface area contributed by atoms with Crippen LogP contribution < -0.4 is 13.8 Å². The minimum absolute atomic E-state index is 0.0861. The highest BCUT2D eigenvalue weighted by Gasteiger charge is 2.28. The molecule has 0 aliphatic carbocycles. The Morgan fingerprint density at radius 3 is 2.29 bits per heavy atom. The Hall–Kier alpha value is -2.81. The summed E-state index contributed by atoms with van der Waals surface area (Å²) in [6.07, 6.45) is 0. The Morgan fingerprint density at radius 1 is 1.07 bits per heavy atom. The van der Waals surface area contributed by atoms with Crippen molar-refractivity contribution in [2.75, 3.05) is 31.2 Å². The number of anilines is 1. The molecule has 0 atom stereocenters. The molecule has 9 heteroatoms. The van der Waals surface area contributed by atoms with Gasteiger partial charge in [-0.1, -0.05) is 0 Å². The van der Waals surface area contributed by atoms with E-state index in [9.17, 15) is 17.6 Å². The fourth-order valence-corrected chi connectivity index (χ4v) is 3.87. The molecule has 2 rings (SSSR count). The van der Waals surface area contributed by atoms with Gasteiger partial charge in [0, 0.05) is 0 Å². The molecule has 0 bridgehead atoms. The van der Waals surface area contributed by atoms with E-state index in [1.165, 1.54) is 31.4 Å². The van der Waals surface area contributed by atoms with Crippen molar-refractivity contribution in [1.29, 1.82) is 0 Å². The van der Waals surface area contributed by atoms with Crippen molar-refractivity contribution >= 4 is 21.7 Å². The zero-order valence-corrected chi connectivity index (χ0v) is 16.7. The van der Waals surface area contributed by atoms with Crippen LogP contribution in [0.25, 0.3) is 0 Å². The van der Waals surface area contributed by atoms with E-state index in [0.717, 1.165) is 10.4 Å². The van der Waals surface area contributed by atoms with E-state index in [1.54, 1.807) is 19.1 Å². The van der Waals surface area contributed by atoms with Crippen molar-refractivity contribution in [2.24, 2.45) is 0 Å². The molecule has 28 heavy (non-hydrogen) atoms. The molecule has 0 heterocycles. The molecule has 2 aromatic rings. The van der Waals surface area contributed by atoms with Gasteiger partial charge in [-0.3, -0.25) is 9.10 Å². The van der Waals surface area contributed by atoms with Crippen molar-refractivity contribution < 1.29 is 31.8 Å². The summed E-state index contributed by atoms with van der Waals surface area (Å²) >= 11 is 0. The third-order valence-corrected chi connectivity index (χ3v) is 5.49. The Balaban J connectivity index is 2.47. The molecule has 0 unspecified atom stereocenters. The monoisotopic (exact) mass is 411 g/mol. The van der Waals surface area contributed by atoms with Crippen molar-refractivity contribution in [2.45, 2.75) is 18.7 Å². The minimum atomic E-state index is -4.24. The van der Waals surface area contributed by atoms with Gasteiger partial charge in [0.2, 0.25) is 0 Å². The number of hydrogen-bond acceptors (Lipinski definition) is 6. The molecule has 0 aliphatic heterocycles. The summed E-state index contributed by atoms with van der Waals surface area (Å²) in [5, 5.41) is 0. The van der Waals surface area contributed by atoms with Gasteiger partial charge in [-0.2, -0.15) is 0 Å². The van der Waals surface area contributed by atoms with Crippen LogP contribution in [0.15, 0.2) is 47.4 Å². The van der Waals surface area contributed by atoms with Gasteiger partial charge >= 0.3 is 5.97 Å². The van der Waals surface area contributed by atoms with Crippen LogP contribution in [0.4, 0.5) is 10.1 Å². The molecule has 0 aliphatic rings. The normalized spacial score (nSPS) is 11.0. The number of carbonyl (C=O) groups excluding carboxylic acids is 1. The number of rotatable bonds is 9. The van der Waals surface area contributed by atoms with Crippen LogP contribution >= 0.6 is 0 Å². The number of sulfonamides is 1. The van der Waals surface area contributed by atoms with Crippen molar-refractivity contribution in [3.63, 3.8) is 0 Å². The van der Waals surface area contributed by atoms with E-state index >= 15 is 0 Å². The summed E-state index contributed by atoms with van der Waals surface area (Å²) in [7, 11) is -2.97. The summed E-state index contributed by atoms with van der Waals surface area (Å²) in [5.74, 6) is -1.09.